The zero-order valence-electron chi connectivity index (χ0n) is 8.16. The van der Waals surface area contributed by atoms with Crippen molar-refractivity contribution in [3.05, 3.63) is 23.8 Å². The van der Waals surface area contributed by atoms with Crippen LogP contribution in [0.4, 0.5) is 11.4 Å². The van der Waals surface area contributed by atoms with Gasteiger partial charge in [-0.05, 0) is 18.2 Å². The summed E-state index contributed by atoms with van der Waals surface area (Å²) in [4.78, 5) is 11.5. The number of nitrogens with zero attached hydrogens (tertiary/aromatic N) is 1. The third kappa shape index (κ3) is 3.19. The normalized spacial score (nSPS) is 9.27. The highest BCUT2D eigenvalue weighted by Crippen LogP contribution is 2.13. The summed E-state index contributed by atoms with van der Waals surface area (Å²) in [6.07, 6.45) is 0.281. The molecule has 0 aromatic heterocycles. The molecule has 0 saturated heterocycles. The van der Waals surface area contributed by atoms with Gasteiger partial charge in [-0.25, -0.2) is 0 Å². The van der Waals surface area contributed by atoms with Gasteiger partial charge in [-0.15, -0.1) is 0 Å². The SMILES string of the molecule is N#CCCNC(=O)c1cc(N)cc(N)c1. The Hall–Kier alpha value is -2.22. The van der Waals surface area contributed by atoms with Crippen molar-refractivity contribution in [1.29, 1.82) is 5.26 Å². The molecule has 0 aliphatic heterocycles. The van der Waals surface area contributed by atoms with E-state index >= 15 is 0 Å². The van der Waals surface area contributed by atoms with E-state index in [0.29, 0.717) is 23.5 Å². The number of anilines is 2. The van der Waals surface area contributed by atoms with E-state index in [1.165, 1.54) is 12.1 Å². The van der Waals surface area contributed by atoms with Crippen LogP contribution in [-0.4, -0.2) is 12.5 Å². The van der Waals surface area contributed by atoms with Gasteiger partial charge in [-0.2, -0.15) is 5.26 Å². The lowest BCUT2D eigenvalue weighted by Gasteiger charge is -2.04. The van der Waals surface area contributed by atoms with Crippen molar-refractivity contribution in [3.63, 3.8) is 0 Å². The van der Waals surface area contributed by atoms with Gasteiger partial charge in [-0.1, -0.05) is 0 Å². The second-order valence-corrected chi connectivity index (χ2v) is 3.05. The molecule has 0 unspecified atom stereocenters. The van der Waals surface area contributed by atoms with Gasteiger partial charge >= 0.3 is 0 Å². The Balaban J connectivity index is 2.70. The summed E-state index contributed by atoms with van der Waals surface area (Å²) in [6, 6.07) is 6.59. The Kier molecular flexibility index (Phi) is 3.52. The number of carbonyl (C=O) groups excluding carboxylic acids is 1. The molecule has 0 radical (unpaired) electrons. The summed E-state index contributed by atoms with van der Waals surface area (Å²) in [6.45, 7) is 0.323. The molecule has 1 aromatic carbocycles. The van der Waals surface area contributed by atoms with Crippen molar-refractivity contribution < 1.29 is 4.79 Å². The standard InChI is InChI=1S/C10H12N4O/c11-2-1-3-14-10(15)7-4-8(12)6-9(13)5-7/h4-6H,1,3,12-13H2,(H,14,15). The van der Waals surface area contributed by atoms with Crippen molar-refractivity contribution >= 4 is 17.3 Å². The summed E-state index contributed by atoms with van der Waals surface area (Å²) in [5, 5.41) is 10.9. The number of nitrogens with one attached hydrogen (secondary N) is 1. The predicted molar refractivity (Wildman–Crippen MR) is 57.8 cm³/mol. The topological polar surface area (TPSA) is 105 Å². The number of hydrogen-bond acceptors (Lipinski definition) is 4. The zero-order valence-corrected chi connectivity index (χ0v) is 8.16. The largest absolute Gasteiger partial charge is 0.399 e. The van der Waals surface area contributed by atoms with E-state index in [1.54, 1.807) is 6.07 Å². The average molecular weight is 204 g/mol. The highest BCUT2D eigenvalue weighted by Gasteiger charge is 2.05. The first-order chi connectivity index (χ1) is 7.13. The number of rotatable bonds is 3. The number of carbonyl (C=O) groups is 1. The fourth-order valence-corrected chi connectivity index (χ4v) is 1.14. The minimum absolute atomic E-state index is 0.274. The van der Waals surface area contributed by atoms with Gasteiger partial charge in [-0.3, -0.25) is 4.79 Å². The number of benzene rings is 1. The molecule has 1 rings (SSSR count). The number of nitrogen functional groups attached to an aromatic ring is 2. The van der Waals surface area contributed by atoms with Crippen LogP contribution in [0.25, 0.3) is 0 Å². The maximum atomic E-state index is 11.5. The van der Waals surface area contributed by atoms with Crippen LogP contribution in [0.3, 0.4) is 0 Å². The third-order valence-corrected chi connectivity index (χ3v) is 1.76. The molecule has 0 aliphatic carbocycles. The van der Waals surface area contributed by atoms with Crippen LogP contribution in [-0.2, 0) is 0 Å². The summed E-state index contributed by atoms with van der Waals surface area (Å²) in [7, 11) is 0. The molecule has 78 valence electrons. The Morgan fingerprint density at radius 3 is 2.47 bits per heavy atom. The Bertz CT molecular complexity index is 388. The second-order valence-electron chi connectivity index (χ2n) is 3.05. The molecule has 0 atom stereocenters. The summed E-state index contributed by atoms with van der Waals surface area (Å²) in [5.41, 5.74) is 12.4. The quantitative estimate of drug-likeness (QED) is 0.492. The van der Waals surface area contributed by atoms with Gasteiger partial charge < -0.3 is 16.8 Å². The van der Waals surface area contributed by atoms with Gasteiger partial charge in [0.2, 0.25) is 0 Å². The lowest BCUT2D eigenvalue weighted by atomic mass is 10.1. The Labute approximate surface area is 87.7 Å². The molecule has 5 heteroatoms. The number of hydrogen-bond donors (Lipinski definition) is 3. The van der Waals surface area contributed by atoms with Gasteiger partial charge in [0, 0.05) is 23.5 Å². The van der Waals surface area contributed by atoms with Crippen LogP contribution in [0.2, 0.25) is 0 Å². The fraction of sp³-hybridized carbons (Fsp3) is 0.200. The molecule has 5 nitrogen and oxygen atoms in total. The molecule has 15 heavy (non-hydrogen) atoms. The lowest BCUT2D eigenvalue weighted by Crippen LogP contribution is -2.24. The minimum atomic E-state index is -0.274. The van der Waals surface area contributed by atoms with Crippen LogP contribution in [0.15, 0.2) is 18.2 Å². The van der Waals surface area contributed by atoms with E-state index < -0.39 is 0 Å². The van der Waals surface area contributed by atoms with Gasteiger partial charge in [0.25, 0.3) is 5.91 Å². The summed E-state index contributed by atoms with van der Waals surface area (Å²) >= 11 is 0. The van der Waals surface area contributed by atoms with Crippen LogP contribution in [0.5, 0.6) is 0 Å². The maximum Gasteiger partial charge on any atom is 0.251 e. The first-order valence-corrected chi connectivity index (χ1v) is 4.44. The number of nitriles is 1. The van der Waals surface area contributed by atoms with E-state index in [2.05, 4.69) is 5.32 Å². The molecule has 0 saturated carbocycles. The van der Waals surface area contributed by atoms with E-state index in [0.717, 1.165) is 0 Å². The second kappa shape index (κ2) is 4.86. The van der Waals surface area contributed by atoms with Crippen LogP contribution in [0, 0.1) is 11.3 Å². The Morgan fingerprint density at radius 1 is 1.33 bits per heavy atom. The van der Waals surface area contributed by atoms with Crippen LogP contribution in [0.1, 0.15) is 16.8 Å². The number of nitrogens with two attached hydrogens (primary N) is 2. The minimum Gasteiger partial charge on any atom is -0.399 e. The number of amides is 1. The highest BCUT2D eigenvalue weighted by molar-refractivity contribution is 5.96. The predicted octanol–water partition coefficient (Wildman–Crippen LogP) is 0.494. The van der Waals surface area contributed by atoms with Crippen molar-refractivity contribution in [3.8, 4) is 6.07 Å². The fourth-order valence-electron chi connectivity index (χ4n) is 1.14. The van der Waals surface area contributed by atoms with Crippen molar-refractivity contribution in [2.45, 2.75) is 6.42 Å². The van der Waals surface area contributed by atoms with Crippen LogP contribution < -0.4 is 16.8 Å². The van der Waals surface area contributed by atoms with Gasteiger partial charge in [0.05, 0.1) is 12.5 Å². The molecular weight excluding hydrogens is 192 g/mol. The summed E-state index contributed by atoms with van der Waals surface area (Å²) < 4.78 is 0. The van der Waals surface area contributed by atoms with E-state index in [9.17, 15) is 4.79 Å². The summed E-state index contributed by atoms with van der Waals surface area (Å²) in [5.74, 6) is -0.274. The first-order valence-electron chi connectivity index (χ1n) is 4.44. The zero-order chi connectivity index (χ0) is 11.3. The molecule has 0 bridgehead atoms. The lowest BCUT2D eigenvalue weighted by molar-refractivity contribution is 0.0954. The molecule has 1 amide bonds. The molecule has 0 fully saturated rings. The monoisotopic (exact) mass is 204 g/mol. The van der Waals surface area contributed by atoms with Gasteiger partial charge in [0.1, 0.15) is 0 Å². The van der Waals surface area contributed by atoms with Crippen molar-refractivity contribution in [2.75, 3.05) is 18.0 Å². The highest BCUT2D eigenvalue weighted by atomic mass is 16.1. The molecule has 0 spiro atoms. The van der Waals surface area contributed by atoms with E-state index in [-0.39, 0.29) is 12.3 Å². The molecular formula is C10H12N4O. The van der Waals surface area contributed by atoms with Gasteiger partial charge in [0.15, 0.2) is 0 Å². The third-order valence-electron chi connectivity index (χ3n) is 1.76. The molecule has 0 aliphatic rings. The molecule has 5 N–H and O–H groups in total. The van der Waals surface area contributed by atoms with Crippen molar-refractivity contribution in [2.24, 2.45) is 0 Å². The smallest absolute Gasteiger partial charge is 0.251 e. The molecule has 0 heterocycles. The molecule has 1 aromatic rings. The van der Waals surface area contributed by atoms with Crippen LogP contribution >= 0.6 is 0 Å². The average Bonchev–Trinajstić information content (AvgIpc) is 2.16. The first kappa shape index (κ1) is 10.9. The maximum absolute atomic E-state index is 11.5. The van der Waals surface area contributed by atoms with Crippen molar-refractivity contribution in [1.82, 2.24) is 5.32 Å². The van der Waals surface area contributed by atoms with E-state index in [1.807, 2.05) is 6.07 Å². The Morgan fingerprint density at radius 2 is 1.93 bits per heavy atom. The van der Waals surface area contributed by atoms with E-state index in [4.69, 9.17) is 16.7 Å².